The second kappa shape index (κ2) is 14.1. The number of halogens is 1. The molecule has 2 aliphatic rings. The van der Waals surface area contributed by atoms with Crippen molar-refractivity contribution in [2.75, 3.05) is 30.4 Å². The normalized spacial score (nSPS) is 21.6. The molecular weight excluding hydrogens is 516 g/mol. The Labute approximate surface area is 237 Å². The number of anilines is 2. The standard InChI is InChI=1S/C29H41ClN6OS/c1-3-6-20-8-10-21(11-9-20)22-12-14-24(15-13-22)33-29(38)35-34-27-26(30)17-23(18-31-27)28(37)32-19-25-7-5-16-36(25)4-2/h12-15,17-18,20-21,25H,3-11,16,19H2,1-2H3,(H,31,34)(H,32,37)(H2,33,35,38)/t20?,21?,25-/m1/s1. The number of amides is 1. The third-order valence-corrected chi connectivity index (χ3v) is 8.48. The fraction of sp³-hybridized carbons (Fsp3) is 0.552. The van der Waals surface area contributed by atoms with Crippen LogP contribution in [-0.2, 0) is 0 Å². The minimum atomic E-state index is -0.170. The number of nitrogens with one attached hydrogen (secondary N) is 4. The lowest BCUT2D eigenvalue weighted by Gasteiger charge is -2.28. The first-order valence-corrected chi connectivity index (χ1v) is 14.9. The van der Waals surface area contributed by atoms with E-state index in [0.29, 0.717) is 40.0 Å². The minimum absolute atomic E-state index is 0.170. The molecule has 1 saturated carbocycles. The molecule has 2 fully saturated rings. The molecule has 38 heavy (non-hydrogen) atoms. The summed E-state index contributed by atoms with van der Waals surface area (Å²) in [5.41, 5.74) is 8.62. The zero-order chi connectivity index (χ0) is 26.9. The number of carbonyl (C=O) groups is 1. The summed E-state index contributed by atoms with van der Waals surface area (Å²) >= 11 is 11.8. The first kappa shape index (κ1) is 28.6. The van der Waals surface area contributed by atoms with Gasteiger partial charge in [-0.05, 0) is 99.4 Å². The van der Waals surface area contributed by atoms with E-state index < -0.39 is 0 Å². The van der Waals surface area contributed by atoms with Crippen molar-refractivity contribution in [3.63, 3.8) is 0 Å². The van der Waals surface area contributed by atoms with Gasteiger partial charge in [0.15, 0.2) is 10.9 Å². The van der Waals surface area contributed by atoms with E-state index in [1.807, 2.05) is 0 Å². The summed E-state index contributed by atoms with van der Waals surface area (Å²) < 4.78 is 0. The van der Waals surface area contributed by atoms with Gasteiger partial charge in [-0.25, -0.2) is 4.98 Å². The SMILES string of the molecule is CCCC1CCC(c2ccc(NC(=S)NNc3ncc(C(=O)NC[C@H]4CCCN4CC)cc3Cl)cc2)CC1. The van der Waals surface area contributed by atoms with Gasteiger partial charge in [0, 0.05) is 24.5 Å². The second-order valence-electron chi connectivity index (χ2n) is 10.5. The number of aromatic nitrogens is 1. The van der Waals surface area contributed by atoms with Crippen molar-refractivity contribution in [1.29, 1.82) is 0 Å². The average molecular weight is 557 g/mol. The number of hydrazine groups is 1. The lowest BCUT2D eigenvalue weighted by atomic mass is 9.77. The molecule has 2 aromatic rings. The Kier molecular flexibility index (Phi) is 10.6. The Morgan fingerprint density at radius 2 is 1.89 bits per heavy atom. The molecule has 0 spiro atoms. The third-order valence-electron chi connectivity index (χ3n) is 7.98. The van der Waals surface area contributed by atoms with Crippen LogP contribution in [0, 0.1) is 5.92 Å². The number of hydrogen-bond donors (Lipinski definition) is 4. The van der Waals surface area contributed by atoms with E-state index in [0.717, 1.165) is 31.1 Å². The molecule has 2 heterocycles. The average Bonchev–Trinajstić information content (AvgIpc) is 3.40. The highest BCUT2D eigenvalue weighted by Crippen LogP contribution is 2.37. The number of hydrogen-bond acceptors (Lipinski definition) is 5. The van der Waals surface area contributed by atoms with Crippen LogP contribution in [0.4, 0.5) is 11.5 Å². The molecule has 1 aromatic heterocycles. The Bertz CT molecular complexity index is 1070. The predicted octanol–water partition coefficient (Wildman–Crippen LogP) is 6.34. The van der Waals surface area contributed by atoms with Crippen LogP contribution in [0.1, 0.15) is 87.1 Å². The number of carbonyl (C=O) groups excluding carboxylic acids is 1. The van der Waals surface area contributed by atoms with Crippen molar-refractivity contribution in [3.05, 3.63) is 52.7 Å². The van der Waals surface area contributed by atoms with Crippen LogP contribution >= 0.6 is 23.8 Å². The number of nitrogens with zero attached hydrogens (tertiary/aromatic N) is 2. The minimum Gasteiger partial charge on any atom is -0.350 e. The molecule has 9 heteroatoms. The van der Waals surface area contributed by atoms with Crippen molar-refractivity contribution < 1.29 is 4.79 Å². The van der Waals surface area contributed by atoms with E-state index in [9.17, 15) is 4.79 Å². The van der Waals surface area contributed by atoms with Crippen molar-refractivity contribution in [3.8, 4) is 0 Å². The number of pyridine rings is 1. The molecular formula is C29H41ClN6OS. The summed E-state index contributed by atoms with van der Waals surface area (Å²) in [6.45, 7) is 7.17. The molecule has 7 nitrogen and oxygen atoms in total. The van der Waals surface area contributed by atoms with Gasteiger partial charge in [0.2, 0.25) is 0 Å². The number of benzene rings is 1. The molecule has 1 saturated heterocycles. The molecule has 0 radical (unpaired) electrons. The van der Waals surface area contributed by atoms with Crippen LogP contribution in [-0.4, -0.2) is 46.6 Å². The summed E-state index contributed by atoms with van der Waals surface area (Å²) in [6, 6.07) is 10.6. The van der Waals surface area contributed by atoms with Crippen LogP contribution in [0.2, 0.25) is 5.02 Å². The van der Waals surface area contributed by atoms with Gasteiger partial charge in [-0.1, -0.05) is 50.4 Å². The Hall–Kier alpha value is -2.42. The second-order valence-corrected chi connectivity index (χ2v) is 11.3. The van der Waals surface area contributed by atoms with Crippen LogP contribution in [0.25, 0.3) is 0 Å². The third kappa shape index (κ3) is 7.80. The molecule has 1 aliphatic heterocycles. The van der Waals surface area contributed by atoms with E-state index in [1.165, 1.54) is 56.7 Å². The molecule has 1 amide bonds. The quantitative estimate of drug-likeness (QED) is 0.201. The highest BCUT2D eigenvalue weighted by molar-refractivity contribution is 7.80. The van der Waals surface area contributed by atoms with Crippen molar-refractivity contribution in [2.24, 2.45) is 5.92 Å². The first-order valence-electron chi connectivity index (χ1n) is 14.1. The van der Waals surface area contributed by atoms with Gasteiger partial charge in [0.1, 0.15) is 0 Å². The number of likely N-dealkylation sites (tertiary alicyclic amines) is 1. The number of rotatable bonds is 10. The van der Waals surface area contributed by atoms with Gasteiger partial charge >= 0.3 is 0 Å². The van der Waals surface area contributed by atoms with Crippen LogP contribution in [0.3, 0.4) is 0 Å². The predicted molar refractivity (Wildman–Crippen MR) is 161 cm³/mol. The fourth-order valence-corrected chi connectivity index (χ4v) is 6.20. The molecule has 1 aliphatic carbocycles. The van der Waals surface area contributed by atoms with Gasteiger partial charge < -0.3 is 10.6 Å². The van der Waals surface area contributed by atoms with Crippen LogP contribution < -0.4 is 21.5 Å². The van der Waals surface area contributed by atoms with E-state index in [4.69, 9.17) is 23.8 Å². The zero-order valence-corrected chi connectivity index (χ0v) is 24.1. The molecule has 4 N–H and O–H groups in total. The first-order chi connectivity index (χ1) is 18.5. The molecule has 206 valence electrons. The van der Waals surface area contributed by atoms with Crippen molar-refractivity contribution >= 4 is 46.3 Å². The van der Waals surface area contributed by atoms with E-state index in [2.05, 4.69) is 69.5 Å². The molecule has 1 atom stereocenters. The van der Waals surface area contributed by atoms with E-state index >= 15 is 0 Å². The van der Waals surface area contributed by atoms with Gasteiger partial charge in [-0.2, -0.15) is 0 Å². The Morgan fingerprint density at radius 1 is 1.13 bits per heavy atom. The summed E-state index contributed by atoms with van der Waals surface area (Å²) in [5, 5.41) is 6.93. The highest BCUT2D eigenvalue weighted by Gasteiger charge is 2.24. The van der Waals surface area contributed by atoms with Gasteiger partial charge in [0.05, 0.1) is 10.6 Å². The number of likely N-dealkylation sites (N-methyl/N-ethyl adjacent to an activating group) is 1. The largest absolute Gasteiger partial charge is 0.350 e. The maximum atomic E-state index is 12.6. The fourth-order valence-electron chi connectivity index (χ4n) is 5.82. The van der Waals surface area contributed by atoms with Crippen molar-refractivity contribution in [2.45, 2.75) is 77.2 Å². The zero-order valence-electron chi connectivity index (χ0n) is 22.6. The smallest absolute Gasteiger partial charge is 0.252 e. The lowest BCUT2D eigenvalue weighted by molar-refractivity contribution is 0.0941. The molecule has 4 rings (SSSR count). The van der Waals surface area contributed by atoms with E-state index in [1.54, 1.807) is 6.07 Å². The monoisotopic (exact) mass is 556 g/mol. The van der Waals surface area contributed by atoms with Crippen molar-refractivity contribution in [1.82, 2.24) is 20.6 Å². The Balaban J connectivity index is 1.21. The molecule has 0 bridgehead atoms. The van der Waals surface area contributed by atoms with Gasteiger partial charge in [-0.3, -0.25) is 20.5 Å². The summed E-state index contributed by atoms with van der Waals surface area (Å²) in [5.74, 6) is 1.81. The highest BCUT2D eigenvalue weighted by atomic mass is 35.5. The number of thiocarbonyl (C=S) groups is 1. The molecule has 1 aromatic carbocycles. The summed E-state index contributed by atoms with van der Waals surface area (Å²) in [7, 11) is 0. The van der Waals surface area contributed by atoms with E-state index in [-0.39, 0.29) is 5.91 Å². The van der Waals surface area contributed by atoms with Gasteiger partial charge in [0.25, 0.3) is 5.91 Å². The molecule has 0 unspecified atom stereocenters. The van der Waals surface area contributed by atoms with Crippen LogP contribution in [0.15, 0.2) is 36.5 Å². The lowest BCUT2D eigenvalue weighted by Crippen LogP contribution is -2.40. The maximum absolute atomic E-state index is 12.6. The summed E-state index contributed by atoms with van der Waals surface area (Å²) in [4.78, 5) is 19.3. The van der Waals surface area contributed by atoms with Crippen LogP contribution in [0.5, 0.6) is 0 Å². The maximum Gasteiger partial charge on any atom is 0.252 e. The van der Waals surface area contributed by atoms with Gasteiger partial charge in [-0.15, -0.1) is 0 Å². The Morgan fingerprint density at radius 3 is 2.58 bits per heavy atom. The topological polar surface area (TPSA) is 81.3 Å². The summed E-state index contributed by atoms with van der Waals surface area (Å²) in [6.07, 6.45) is 11.7.